The molecule has 1 heterocycles. The fraction of sp³-hybridized carbons (Fsp3) is 0.250. The van der Waals surface area contributed by atoms with Gasteiger partial charge in [0, 0.05) is 0 Å². The highest BCUT2D eigenvalue weighted by atomic mass is 16.6. The highest BCUT2D eigenvalue weighted by Crippen LogP contribution is 2.41. The number of ether oxygens (including phenoxy) is 7. The molecule has 0 saturated carbocycles. The molecule has 7 aromatic carbocycles. The molecular weight excluding hydrogens is 801 g/mol. The average Bonchev–Trinajstić information content (AvgIpc) is 3.37. The van der Waals surface area contributed by atoms with Crippen LogP contribution in [0.4, 0.5) is 0 Å². The molecule has 328 valence electrons. The van der Waals surface area contributed by atoms with E-state index in [0.717, 1.165) is 44.7 Å². The van der Waals surface area contributed by atoms with Gasteiger partial charge in [-0.05, 0) is 51.1 Å². The molecule has 0 radical (unpaired) electrons. The van der Waals surface area contributed by atoms with Crippen LogP contribution >= 0.6 is 0 Å². The maximum absolute atomic E-state index is 12.7. The molecule has 6 atom stereocenters. The van der Waals surface area contributed by atoms with E-state index in [4.69, 9.17) is 33.2 Å². The van der Waals surface area contributed by atoms with Crippen molar-refractivity contribution in [3.8, 4) is 5.75 Å². The number of aliphatic hydroxyl groups is 1. The predicted molar refractivity (Wildman–Crippen MR) is 248 cm³/mol. The van der Waals surface area contributed by atoms with E-state index in [2.05, 4.69) is 36.4 Å². The topological polar surface area (TPSA) is 84.8 Å². The quantitative estimate of drug-likeness (QED) is 0.0716. The Kier molecular flexibility index (Phi) is 15.8. The Morgan fingerprint density at radius 1 is 0.469 bits per heavy atom. The summed E-state index contributed by atoms with van der Waals surface area (Å²) in [6, 6.07) is 68.2. The first kappa shape index (κ1) is 44.7. The Bertz CT molecular complexity index is 2270. The third-order valence-corrected chi connectivity index (χ3v) is 11.6. The minimum atomic E-state index is -1.20. The maximum atomic E-state index is 12.7. The lowest BCUT2D eigenvalue weighted by molar-refractivity contribution is -0.290. The molecule has 7 aromatic rings. The fourth-order valence-electron chi connectivity index (χ4n) is 8.36. The number of rotatable bonds is 21. The monoisotopic (exact) mass is 856 g/mol. The molecule has 0 amide bonds. The molecule has 0 bridgehead atoms. The molecule has 0 unspecified atom stereocenters. The molecule has 1 aliphatic rings. The van der Waals surface area contributed by atoms with Gasteiger partial charge in [0.15, 0.2) is 0 Å². The Labute approximate surface area is 376 Å². The zero-order chi connectivity index (χ0) is 43.8. The van der Waals surface area contributed by atoms with Crippen molar-refractivity contribution in [2.45, 2.75) is 68.7 Å². The number of hydrogen-bond donors (Lipinski definition) is 1. The summed E-state index contributed by atoms with van der Waals surface area (Å²) in [5.74, 6) is 0.741. The van der Waals surface area contributed by atoms with Crippen molar-refractivity contribution >= 4 is 0 Å². The van der Waals surface area contributed by atoms with Crippen LogP contribution in [0, 0.1) is 0 Å². The number of hydrogen-bond acceptors (Lipinski definition) is 8. The number of methoxy groups -OCH3 is 1. The lowest BCUT2D eigenvalue weighted by atomic mass is 9.80. The van der Waals surface area contributed by atoms with Crippen LogP contribution in [0.1, 0.15) is 38.9 Å². The SMILES string of the molecule is COc1ccc(CO[C@@H]2[C@@H](OCc3ccccc3)[C@@H](OCc3ccccc3)[C@@H](COCc3ccccc3)O[C@H]2[C@H](O)COC(c2ccccc2)(c2ccccc2)c2ccccc2)cc1. The number of aliphatic hydroxyl groups excluding tert-OH is 1. The molecule has 0 aliphatic carbocycles. The van der Waals surface area contributed by atoms with E-state index in [1.165, 1.54) is 0 Å². The molecule has 1 N–H and O–H groups in total. The van der Waals surface area contributed by atoms with Crippen LogP contribution in [-0.4, -0.2) is 62.1 Å². The summed E-state index contributed by atoms with van der Waals surface area (Å²) in [6.45, 7) is 1.18. The van der Waals surface area contributed by atoms with E-state index in [0.29, 0.717) is 13.2 Å². The summed E-state index contributed by atoms with van der Waals surface area (Å²) >= 11 is 0. The molecule has 0 spiro atoms. The maximum Gasteiger partial charge on any atom is 0.143 e. The van der Waals surface area contributed by atoms with Crippen molar-refractivity contribution < 1.29 is 38.3 Å². The van der Waals surface area contributed by atoms with Gasteiger partial charge in [0.25, 0.3) is 0 Å². The van der Waals surface area contributed by atoms with E-state index in [-0.39, 0.29) is 26.4 Å². The highest BCUT2D eigenvalue weighted by Gasteiger charge is 2.51. The lowest BCUT2D eigenvalue weighted by Crippen LogP contribution is -2.64. The lowest BCUT2D eigenvalue weighted by Gasteiger charge is -2.48. The van der Waals surface area contributed by atoms with Gasteiger partial charge in [-0.25, -0.2) is 0 Å². The average molecular weight is 857 g/mol. The second-order valence-corrected chi connectivity index (χ2v) is 15.9. The van der Waals surface area contributed by atoms with Crippen LogP contribution in [0.3, 0.4) is 0 Å². The van der Waals surface area contributed by atoms with Gasteiger partial charge in [0.05, 0.1) is 46.8 Å². The van der Waals surface area contributed by atoms with Crippen molar-refractivity contribution in [1.29, 1.82) is 0 Å². The smallest absolute Gasteiger partial charge is 0.143 e. The van der Waals surface area contributed by atoms with Crippen LogP contribution in [0.15, 0.2) is 206 Å². The van der Waals surface area contributed by atoms with E-state index in [1.54, 1.807) is 7.11 Å². The molecular formula is C56H56O8. The van der Waals surface area contributed by atoms with Gasteiger partial charge in [-0.3, -0.25) is 0 Å². The molecule has 0 aromatic heterocycles. The summed E-state index contributed by atoms with van der Waals surface area (Å²) in [6.07, 6.45) is -5.03. The molecule has 1 saturated heterocycles. The largest absolute Gasteiger partial charge is 0.497 e. The van der Waals surface area contributed by atoms with Crippen molar-refractivity contribution in [1.82, 2.24) is 0 Å². The number of benzene rings is 7. The van der Waals surface area contributed by atoms with Gasteiger partial charge >= 0.3 is 0 Å². The van der Waals surface area contributed by atoms with Crippen LogP contribution in [0.2, 0.25) is 0 Å². The first-order valence-corrected chi connectivity index (χ1v) is 21.9. The van der Waals surface area contributed by atoms with Gasteiger partial charge in [-0.1, -0.05) is 194 Å². The first-order chi connectivity index (χ1) is 31.6. The Morgan fingerprint density at radius 2 is 0.859 bits per heavy atom. The van der Waals surface area contributed by atoms with Crippen LogP contribution in [0.25, 0.3) is 0 Å². The first-order valence-electron chi connectivity index (χ1n) is 21.9. The summed E-state index contributed by atoms with van der Waals surface area (Å²) in [4.78, 5) is 0. The third kappa shape index (κ3) is 11.2. The molecule has 64 heavy (non-hydrogen) atoms. The van der Waals surface area contributed by atoms with Crippen molar-refractivity contribution in [2.24, 2.45) is 0 Å². The molecule has 8 heteroatoms. The van der Waals surface area contributed by atoms with Crippen LogP contribution in [-0.2, 0) is 60.4 Å². The molecule has 8 rings (SSSR count). The van der Waals surface area contributed by atoms with Gasteiger partial charge in [0.2, 0.25) is 0 Å². The summed E-state index contributed by atoms with van der Waals surface area (Å²) in [5.41, 5.74) is 5.60. The van der Waals surface area contributed by atoms with Gasteiger partial charge in [-0.2, -0.15) is 0 Å². The minimum absolute atomic E-state index is 0.121. The zero-order valence-electron chi connectivity index (χ0n) is 36.1. The van der Waals surface area contributed by atoms with Crippen molar-refractivity contribution in [3.05, 3.63) is 245 Å². The van der Waals surface area contributed by atoms with Crippen LogP contribution in [0.5, 0.6) is 5.75 Å². The fourth-order valence-corrected chi connectivity index (χ4v) is 8.36. The molecule has 1 aliphatic heterocycles. The summed E-state index contributed by atoms with van der Waals surface area (Å²) in [7, 11) is 1.64. The predicted octanol–water partition coefficient (Wildman–Crippen LogP) is 10.1. The molecule has 8 nitrogen and oxygen atoms in total. The van der Waals surface area contributed by atoms with Crippen LogP contribution < -0.4 is 4.74 Å². The summed E-state index contributed by atoms with van der Waals surface area (Å²) < 4.78 is 47.0. The minimum Gasteiger partial charge on any atom is -0.497 e. The Hall–Kier alpha value is -5.94. The van der Waals surface area contributed by atoms with Crippen molar-refractivity contribution in [2.75, 3.05) is 20.3 Å². The van der Waals surface area contributed by atoms with E-state index < -0.39 is 42.2 Å². The standard InChI is InChI=1S/C56H56O8/c1-58-49-34-32-45(33-35-49)39-61-54-52(50(57)40-63-56(46-26-14-5-15-27-46,47-28-16-6-17-29-47)48-30-18-7-19-31-48)64-51(41-59-36-42-20-8-2-9-21-42)53(60-37-43-22-10-3-11-23-43)55(54)62-38-44-24-12-4-13-25-44/h2-35,50-55,57H,36-41H2,1H3/t50-,51-,52+,53+,54+,55+/m1/s1. The van der Waals surface area contributed by atoms with Gasteiger partial charge < -0.3 is 38.3 Å². The Balaban J connectivity index is 1.17. The Morgan fingerprint density at radius 3 is 1.31 bits per heavy atom. The van der Waals surface area contributed by atoms with Gasteiger partial charge in [-0.15, -0.1) is 0 Å². The second kappa shape index (κ2) is 22.6. The molecule has 1 fully saturated rings. The van der Waals surface area contributed by atoms with E-state index in [1.807, 2.05) is 170 Å². The van der Waals surface area contributed by atoms with E-state index in [9.17, 15) is 5.11 Å². The van der Waals surface area contributed by atoms with E-state index >= 15 is 0 Å². The van der Waals surface area contributed by atoms with Crippen molar-refractivity contribution in [3.63, 3.8) is 0 Å². The second-order valence-electron chi connectivity index (χ2n) is 15.9. The van der Waals surface area contributed by atoms with Gasteiger partial charge in [0.1, 0.15) is 48.0 Å². The third-order valence-electron chi connectivity index (χ3n) is 11.6. The zero-order valence-corrected chi connectivity index (χ0v) is 36.1. The normalized spacial score (nSPS) is 19.2. The highest BCUT2D eigenvalue weighted by molar-refractivity contribution is 5.47. The summed E-state index contributed by atoms with van der Waals surface area (Å²) in [5, 5.41) is 12.7.